The molecule has 1 N–H and O–H groups in total. The molecule has 2 rings (SSSR count). The van der Waals surface area contributed by atoms with Gasteiger partial charge in [0.05, 0.1) is 0 Å². The van der Waals surface area contributed by atoms with E-state index in [4.69, 9.17) is 9.84 Å². The number of hydrogen-bond donors (Lipinski definition) is 1. The van der Waals surface area contributed by atoms with Gasteiger partial charge in [0, 0.05) is 6.61 Å². The molecule has 1 atom stereocenters. The van der Waals surface area contributed by atoms with Gasteiger partial charge in [-0.3, -0.25) is 0 Å². The lowest BCUT2D eigenvalue weighted by Gasteiger charge is -2.08. The largest absolute Gasteiger partial charge is 0.479 e. The minimum absolute atomic E-state index is 0.519. The standard InChI is InChI=1S/C18H22O3/c1-14(18(19)20)21-12-6-2-3-7-15-10-11-16-8-4-5-9-17(16)13-15/h4-5,8-11,13-14H,2-3,6-7,12H2,1H3,(H,19,20). The van der Waals surface area contributed by atoms with Crippen molar-refractivity contribution >= 4 is 16.7 Å². The summed E-state index contributed by atoms with van der Waals surface area (Å²) in [4.78, 5) is 10.6. The van der Waals surface area contributed by atoms with Gasteiger partial charge >= 0.3 is 5.97 Å². The van der Waals surface area contributed by atoms with Crippen molar-refractivity contribution in [2.75, 3.05) is 6.61 Å². The van der Waals surface area contributed by atoms with Gasteiger partial charge in [-0.05, 0) is 42.5 Å². The third-order valence-electron chi connectivity index (χ3n) is 3.64. The van der Waals surface area contributed by atoms with Crippen molar-refractivity contribution in [3.63, 3.8) is 0 Å². The lowest BCUT2D eigenvalue weighted by atomic mass is 10.0. The van der Waals surface area contributed by atoms with Crippen LogP contribution in [-0.2, 0) is 16.0 Å². The van der Waals surface area contributed by atoms with E-state index in [0.29, 0.717) is 6.61 Å². The average molecular weight is 286 g/mol. The highest BCUT2D eigenvalue weighted by Crippen LogP contribution is 2.17. The maximum absolute atomic E-state index is 10.6. The predicted octanol–water partition coefficient (Wildman–Crippen LogP) is 4.04. The number of carboxylic acid groups (broad SMARTS) is 1. The summed E-state index contributed by atoms with van der Waals surface area (Å²) in [7, 11) is 0. The normalized spacial score (nSPS) is 12.4. The second kappa shape index (κ2) is 7.79. The molecule has 0 radical (unpaired) electrons. The molecule has 1 unspecified atom stereocenters. The van der Waals surface area contributed by atoms with Gasteiger partial charge in [-0.1, -0.05) is 48.9 Å². The molecule has 3 nitrogen and oxygen atoms in total. The molecule has 2 aromatic carbocycles. The van der Waals surface area contributed by atoms with Crippen molar-refractivity contribution in [3.8, 4) is 0 Å². The van der Waals surface area contributed by atoms with Crippen molar-refractivity contribution in [1.29, 1.82) is 0 Å². The summed E-state index contributed by atoms with van der Waals surface area (Å²) in [5.74, 6) is -0.897. The van der Waals surface area contributed by atoms with Crippen molar-refractivity contribution in [2.24, 2.45) is 0 Å². The van der Waals surface area contributed by atoms with E-state index in [2.05, 4.69) is 42.5 Å². The zero-order valence-electron chi connectivity index (χ0n) is 12.4. The summed E-state index contributed by atoms with van der Waals surface area (Å²) in [6.45, 7) is 2.09. The van der Waals surface area contributed by atoms with Crippen molar-refractivity contribution in [3.05, 3.63) is 48.0 Å². The molecule has 112 valence electrons. The van der Waals surface area contributed by atoms with Crippen LogP contribution >= 0.6 is 0 Å². The van der Waals surface area contributed by atoms with Crippen LogP contribution in [0.1, 0.15) is 31.7 Å². The Morgan fingerprint density at radius 3 is 2.62 bits per heavy atom. The number of fused-ring (bicyclic) bond motifs is 1. The van der Waals surface area contributed by atoms with E-state index in [-0.39, 0.29) is 0 Å². The molecular weight excluding hydrogens is 264 g/mol. The second-order valence-corrected chi connectivity index (χ2v) is 5.34. The molecule has 3 heteroatoms. The van der Waals surface area contributed by atoms with Crippen LogP contribution in [0.4, 0.5) is 0 Å². The Kier molecular flexibility index (Phi) is 5.76. The Labute approximate surface area is 125 Å². The highest BCUT2D eigenvalue weighted by Gasteiger charge is 2.09. The summed E-state index contributed by atoms with van der Waals surface area (Å²) >= 11 is 0. The van der Waals surface area contributed by atoms with Gasteiger partial charge in [0.2, 0.25) is 0 Å². The summed E-state index contributed by atoms with van der Waals surface area (Å²) in [6, 6.07) is 15.0. The number of ether oxygens (including phenoxy) is 1. The van der Waals surface area contributed by atoms with Crippen LogP contribution in [0.2, 0.25) is 0 Å². The molecule has 0 amide bonds. The van der Waals surface area contributed by atoms with E-state index >= 15 is 0 Å². The number of aliphatic carboxylic acids is 1. The van der Waals surface area contributed by atoms with Gasteiger partial charge in [-0.15, -0.1) is 0 Å². The molecule has 0 spiro atoms. The predicted molar refractivity (Wildman–Crippen MR) is 84.6 cm³/mol. The lowest BCUT2D eigenvalue weighted by Crippen LogP contribution is -2.20. The highest BCUT2D eigenvalue weighted by molar-refractivity contribution is 5.82. The van der Waals surface area contributed by atoms with Crippen LogP contribution in [0.15, 0.2) is 42.5 Å². The Morgan fingerprint density at radius 2 is 1.86 bits per heavy atom. The van der Waals surface area contributed by atoms with Crippen molar-refractivity contribution in [1.82, 2.24) is 0 Å². The maximum atomic E-state index is 10.6. The fraction of sp³-hybridized carbons (Fsp3) is 0.389. The number of hydrogen-bond acceptors (Lipinski definition) is 2. The van der Waals surface area contributed by atoms with Crippen LogP contribution in [0.5, 0.6) is 0 Å². The smallest absolute Gasteiger partial charge is 0.332 e. The SMILES string of the molecule is CC(OCCCCCc1ccc2ccccc2c1)C(=O)O. The van der Waals surface area contributed by atoms with Crippen LogP contribution in [0.3, 0.4) is 0 Å². The van der Waals surface area contributed by atoms with Crippen molar-refractivity contribution in [2.45, 2.75) is 38.7 Å². The Morgan fingerprint density at radius 1 is 1.10 bits per heavy atom. The monoisotopic (exact) mass is 286 g/mol. The van der Waals surface area contributed by atoms with Gasteiger partial charge in [0.25, 0.3) is 0 Å². The number of unbranched alkanes of at least 4 members (excludes halogenated alkanes) is 2. The molecule has 0 saturated carbocycles. The van der Waals surface area contributed by atoms with Crippen molar-refractivity contribution < 1.29 is 14.6 Å². The number of aryl methyl sites for hydroxylation is 1. The summed E-state index contributed by atoms with van der Waals surface area (Å²) in [5, 5.41) is 11.3. The first-order valence-corrected chi connectivity index (χ1v) is 7.49. The van der Waals surface area contributed by atoms with Crippen LogP contribution in [0.25, 0.3) is 10.8 Å². The van der Waals surface area contributed by atoms with Gasteiger partial charge in [-0.2, -0.15) is 0 Å². The van der Waals surface area contributed by atoms with E-state index in [0.717, 1.165) is 25.7 Å². The minimum atomic E-state index is -0.897. The zero-order chi connectivity index (χ0) is 15.1. The van der Waals surface area contributed by atoms with Crippen LogP contribution in [-0.4, -0.2) is 23.8 Å². The molecule has 0 saturated heterocycles. The first-order chi connectivity index (χ1) is 10.2. The number of carboxylic acids is 1. The zero-order valence-corrected chi connectivity index (χ0v) is 12.4. The molecule has 0 bridgehead atoms. The number of benzene rings is 2. The summed E-state index contributed by atoms with van der Waals surface area (Å²) in [5.41, 5.74) is 1.36. The molecule has 0 aliphatic rings. The fourth-order valence-electron chi connectivity index (χ4n) is 2.33. The van der Waals surface area contributed by atoms with Crippen LogP contribution in [0, 0.1) is 0 Å². The Hall–Kier alpha value is -1.87. The fourth-order valence-corrected chi connectivity index (χ4v) is 2.33. The quantitative estimate of drug-likeness (QED) is 0.745. The lowest BCUT2D eigenvalue weighted by molar-refractivity contribution is -0.149. The van der Waals surface area contributed by atoms with E-state index in [1.165, 1.54) is 16.3 Å². The number of rotatable bonds is 8. The first-order valence-electron chi connectivity index (χ1n) is 7.49. The maximum Gasteiger partial charge on any atom is 0.332 e. The van der Waals surface area contributed by atoms with Gasteiger partial charge in [-0.25, -0.2) is 4.79 Å². The van der Waals surface area contributed by atoms with Gasteiger partial charge in [0.1, 0.15) is 0 Å². The molecular formula is C18H22O3. The molecule has 0 aliphatic heterocycles. The van der Waals surface area contributed by atoms with Gasteiger partial charge in [0.15, 0.2) is 6.10 Å². The third-order valence-corrected chi connectivity index (χ3v) is 3.64. The average Bonchev–Trinajstić information content (AvgIpc) is 2.50. The van der Waals surface area contributed by atoms with Gasteiger partial charge < -0.3 is 9.84 Å². The molecule has 0 heterocycles. The molecule has 0 fully saturated rings. The minimum Gasteiger partial charge on any atom is -0.479 e. The van der Waals surface area contributed by atoms with E-state index in [1.54, 1.807) is 6.92 Å². The van der Waals surface area contributed by atoms with E-state index in [1.807, 2.05) is 0 Å². The summed E-state index contributed by atoms with van der Waals surface area (Å²) < 4.78 is 5.21. The molecule has 0 aliphatic carbocycles. The topological polar surface area (TPSA) is 46.5 Å². The van der Waals surface area contributed by atoms with E-state index < -0.39 is 12.1 Å². The van der Waals surface area contributed by atoms with Crippen LogP contribution < -0.4 is 0 Å². The molecule has 21 heavy (non-hydrogen) atoms. The molecule has 0 aromatic heterocycles. The second-order valence-electron chi connectivity index (χ2n) is 5.34. The highest BCUT2D eigenvalue weighted by atomic mass is 16.5. The Bertz CT molecular complexity index is 592. The summed E-state index contributed by atoms with van der Waals surface area (Å²) in [6.07, 6.45) is 3.41. The van der Waals surface area contributed by atoms with E-state index in [9.17, 15) is 4.79 Å². The Balaban J connectivity index is 1.69. The first kappa shape index (κ1) is 15.5. The third kappa shape index (κ3) is 4.87. The molecule has 2 aromatic rings. The number of carbonyl (C=O) groups is 1.